The van der Waals surface area contributed by atoms with E-state index in [1.54, 1.807) is 6.07 Å². The van der Waals surface area contributed by atoms with Gasteiger partial charge in [0.15, 0.2) is 0 Å². The fraction of sp³-hybridized carbons (Fsp3) is 0.350. The van der Waals surface area contributed by atoms with Gasteiger partial charge in [-0.3, -0.25) is 0 Å². The van der Waals surface area contributed by atoms with Gasteiger partial charge in [0.25, 0.3) is 0 Å². The van der Waals surface area contributed by atoms with Crippen LogP contribution in [-0.2, 0) is 10.0 Å². The highest BCUT2D eigenvalue weighted by Crippen LogP contribution is 2.24. The summed E-state index contributed by atoms with van der Waals surface area (Å²) in [7, 11) is -3.50. The molecule has 1 heterocycles. The molecule has 0 radical (unpaired) electrons. The maximum atomic E-state index is 12.9. The molecule has 27 heavy (non-hydrogen) atoms. The highest BCUT2D eigenvalue weighted by atomic mass is 32.2. The van der Waals surface area contributed by atoms with E-state index in [9.17, 15) is 13.2 Å². The minimum atomic E-state index is -3.50. The summed E-state index contributed by atoms with van der Waals surface area (Å²) in [4.78, 5) is 12.5. The highest BCUT2D eigenvalue weighted by Gasteiger charge is 2.30. The van der Waals surface area contributed by atoms with Crippen molar-refractivity contribution in [2.75, 3.05) is 18.4 Å². The molecule has 0 atom stereocenters. The summed E-state index contributed by atoms with van der Waals surface area (Å²) in [5.74, 6) is 0. The van der Waals surface area contributed by atoms with Crippen molar-refractivity contribution in [1.82, 2.24) is 9.62 Å². The van der Waals surface area contributed by atoms with Crippen molar-refractivity contribution < 1.29 is 13.2 Å². The summed E-state index contributed by atoms with van der Waals surface area (Å²) in [5, 5.41) is 5.71. The lowest BCUT2D eigenvalue weighted by Crippen LogP contribution is -2.47. The first-order chi connectivity index (χ1) is 12.9. The number of aryl methyl sites for hydroxylation is 2. The van der Waals surface area contributed by atoms with E-state index in [2.05, 4.69) is 10.6 Å². The predicted octanol–water partition coefficient (Wildman–Crippen LogP) is 3.28. The third kappa shape index (κ3) is 4.67. The summed E-state index contributed by atoms with van der Waals surface area (Å²) < 4.78 is 27.3. The molecule has 1 saturated heterocycles. The number of amides is 2. The number of benzene rings is 2. The SMILES string of the molecule is Cc1ccc(S(=O)(=O)N2CCC(NC(=O)Nc3ccccc3)CC2)c(C)c1. The summed E-state index contributed by atoms with van der Waals surface area (Å²) >= 11 is 0. The highest BCUT2D eigenvalue weighted by molar-refractivity contribution is 7.89. The Morgan fingerprint density at radius 2 is 1.70 bits per heavy atom. The van der Waals surface area contributed by atoms with E-state index in [0.717, 1.165) is 16.8 Å². The summed E-state index contributed by atoms with van der Waals surface area (Å²) in [6.45, 7) is 4.56. The van der Waals surface area contributed by atoms with Gasteiger partial charge in [-0.25, -0.2) is 13.2 Å². The van der Waals surface area contributed by atoms with Crippen LogP contribution in [0.5, 0.6) is 0 Å². The minimum absolute atomic E-state index is 0.0423. The van der Waals surface area contributed by atoms with E-state index in [1.807, 2.05) is 56.3 Å². The van der Waals surface area contributed by atoms with E-state index in [1.165, 1.54) is 4.31 Å². The van der Waals surface area contributed by atoms with E-state index in [4.69, 9.17) is 0 Å². The molecule has 1 fully saturated rings. The van der Waals surface area contributed by atoms with Gasteiger partial charge in [0.1, 0.15) is 0 Å². The Morgan fingerprint density at radius 1 is 1.04 bits per heavy atom. The first-order valence-electron chi connectivity index (χ1n) is 9.06. The second kappa shape index (κ2) is 8.10. The monoisotopic (exact) mass is 387 g/mol. The Kier molecular flexibility index (Phi) is 5.82. The number of piperidine rings is 1. The maximum Gasteiger partial charge on any atom is 0.319 e. The van der Waals surface area contributed by atoms with Gasteiger partial charge in [-0.05, 0) is 50.5 Å². The largest absolute Gasteiger partial charge is 0.335 e. The Morgan fingerprint density at radius 3 is 2.33 bits per heavy atom. The standard InChI is InChI=1S/C20H25N3O3S/c1-15-8-9-19(16(2)14-15)27(25,26)23-12-10-18(11-13-23)22-20(24)21-17-6-4-3-5-7-17/h3-9,14,18H,10-13H2,1-2H3,(H2,21,22,24). The topological polar surface area (TPSA) is 78.5 Å². The fourth-order valence-electron chi connectivity index (χ4n) is 3.34. The van der Waals surface area contributed by atoms with Crippen LogP contribution in [-0.4, -0.2) is 37.9 Å². The average molecular weight is 388 g/mol. The van der Waals surface area contributed by atoms with Crippen molar-refractivity contribution in [3.05, 3.63) is 59.7 Å². The van der Waals surface area contributed by atoms with Crippen LogP contribution in [0, 0.1) is 13.8 Å². The van der Waals surface area contributed by atoms with E-state index in [-0.39, 0.29) is 12.1 Å². The summed E-state index contributed by atoms with van der Waals surface area (Å²) in [6, 6.07) is 14.3. The molecular weight excluding hydrogens is 362 g/mol. The number of sulfonamides is 1. The van der Waals surface area contributed by atoms with Gasteiger partial charge < -0.3 is 10.6 Å². The molecule has 6 nitrogen and oxygen atoms in total. The second-order valence-electron chi connectivity index (χ2n) is 6.91. The number of carbonyl (C=O) groups is 1. The van der Waals surface area contributed by atoms with Crippen LogP contribution in [0.1, 0.15) is 24.0 Å². The second-order valence-corrected chi connectivity index (χ2v) is 8.82. The molecule has 2 aromatic rings. The zero-order valence-corrected chi connectivity index (χ0v) is 16.4. The molecule has 3 rings (SSSR count). The van der Waals surface area contributed by atoms with Crippen LogP contribution in [0.3, 0.4) is 0 Å². The van der Waals surface area contributed by atoms with Crippen LogP contribution < -0.4 is 10.6 Å². The van der Waals surface area contributed by atoms with Crippen LogP contribution in [0.2, 0.25) is 0 Å². The van der Waals surface area contributed by atoms with E-state index in [0.29, 0.717) is 30.8 Å². The summed E-state index contributed by atoms with van der Waals surface area (Å²) in [6.07, 6.45) is 1.18. The van der Waals surface area contributed by atoms with Crippen LogP contribution >= 0.6 is 0 Å². The number of carbonyl (C=O) groups excluding carboxylic acids is 1. The van der Waals surface area contributed by atoms with Gasteiger partial charge in [0.2, 0.25) is 10.0 Å². The molecule has 2 amide bonds. The number of urea groups is 1. The Labute approximate surface area is 160 Å². The summed E-state index contributed by atoms with van der Waals surface area (Å²) in [5.41, 5.74) is 2.53. The molecule has 144 valence electrons. The lowest BCUT2D eigenvalue weighted by atomic mass is 10.1. The number of hydrogen-bond acceptors (Lipinski definition) is 3. The fourth-order valence-corrected chi connectivity index (χ4v) is 5.02. The van der Waals surface area contributed by atoms with Gasteiger partial charge in [-0.2, -0.15) is 4.31 Å². The van der Waals surface area contributed by atoms with Crippen molar-refractivity contribution in [3.8, 4) is 0 Å². The van der Waals surface area contributed by atoms with Crippen molar-refractivity contribution in [2.45, 2.75) is 37.6 Å². The molecule has 1 aliphatic heterocycles. The van der Waals surface area contributed by atoms with Crippen LogP contribution in [0.4, 0.5) is 10.5 Å². The molecular formula is C20H25N3O3S. The predicted molar refractivity (Wildman–Crippen MR) is 106 cm³/mol. The zero-order chi connectivity index (χ0) is 19.4. The molecule has 0 bridgehead atoms. The molecule has 7 heteroatoms. The Hall–Kier alpha value is -2.38. The Balaban J connectivity index is 1.57. The molecule has 2 aromatic carbocycles. The van der Waals surface area contributed by atoms with Crippen molar-refractivity contribution >= 4 is 21.7 Å². The van der Waals surface area contributed by atoms with Crippen molar-refractivity contribution in [1.29, 1.82) is 0 Å². The van der Waals surface area contributed by atoms with Crippen molar-refractivity contribution in [3.63, 3.8) is 0 Å². The van der Waals surface area contributed by atoms with Crippen LogP contribution in [0.15, 0.2) is 53.4 Å². The molecule has 2 N–H and O–H groups in total. The quantitative estimate of drug-likeness (QED) is 0.845. The van der Waals surface area contributed by atoms with Crippen molar-refractivity contribution in [2.24, 2.45) is 0 Å². The lowest BCUT2D eigenvalue weighted by molar-refractivity contribution is 0.238. The molecule has 0 aromatic heterocycles. The normalized spacial score (nSPS) is 16.1. The number of anilines is 1. The third-order valence-corrected chi connectivity index (χ3v) is 6.83. The number of rotatable bonds is 4. The van der Waals surface area contributed by atoms with E-state index < -0.39 is 10.0 Å². The molecule has 0 saturated carbocycles. The first kappa shape index (κ1) is 19.4. The zero-order valence-electron chi connectivity index (χ0n) is 15.6. The first-order valence-corrected chi connectivity index (χ1v) is 10.5. The van der Waals surface area contributed by atoms with Gasteiger partial charge >= 0.3 is 6.03 Å². The molecule has 0 aliphatic carbocycles. The third-order valence-electron chi connectivity index (χ3n) is 4.77. The number of para-hydroxylation sites is 1. The lowest BCUT2D eigenvalue weighted by Gasteiger charge is -2.32. The average Bonchev–Trinajstić information content (AvgIpc) is 2.62. The van der Waals surface area contributed by atoms with Gasteiger partial charge in [0, 0.05) is 24.8 Å². The van der Waals surface area contributed by atoms with Gasteiger partial charge in [-0.15, -0.1) is 0 Å². The molecule has 0 spiro atoms. The molecule has 0 unspecified atom stereocenters. The van der Waals surface area contributed by atoms with Gasteiger partial charge in [-0.1, -0.05) is 35.9 Å². The van der Waals surface area contributed by atoms with Gasteiger partial charge in [0.05, 0.1) is 4.90 Å². The minimum Gasteiger partial charge on any atom is -0.335 e. The number of hydrogen-bond donors (Lipinski definition) is 2. The number of nitrogens with one attached hydrogen (secondary N) is 2. The maximum absolute atomic E-state index is 12.9. The van der Waals surface area contributed by atoms with E-state index >= 15 is 0 Å². The molecule has 1 aliphatic rings. The Bertz CT molecular complexity index is 905. The van der Waals surface area contributed by atoms with Crippen LogP contribution in [0.25, 0.3) is 0 Å². The smallest absolute Gasteiger partial charge is 0.319 e. The number of nitrogens with zero attached hydrogens (tertiary/aromatic N) is 1.